The van der Waals surface area contributed by atoms with Crippen LogP contribution >= 0.6 is 0 Å². The predicted octanol–water partition coefficient (Wildman–Crippen LogP) is 0.180. The molecule has 15 heavy (non-hydrogen) atoms. The topological polar surface area (TPSA) is 58.4 Å². The number of carbonyl (C=O) groups excluding carboxylic acids is 1. The molecule has 0 radical (unpaired) electrons. The lowest BCUT2D eigenvalue weighted by Crippen LogP contribution is -2.57. The summed E-state index contributed by atoms with van der Waals surface area (Å²) in [6, 6.07) is 0.148. The fourth-order valence-corrected chi connectivity index (χ4v) is 2.05. The molecule has 0 aromatic heterocycles. The van der Waals surface area contributed by atoms with Crippen LogP contribution in [0.5, 0.6) is 0 Å². The fraction of sp³-hybridized carbons (Fsp3) is 0.909. The molecule has 1 heterocycles. The standard InChI is InChI=1S/C11H23N3O/c1-8(2)6-10-11(15)13-4-5-14(10)7-9(3)12/h8-10H,4-7,12H2,1-3H3,(H,13,15). The summed E-state index contributed by atoms with van der Waals surface area (Å²) in [7, 11) is 0. The maximum Gasteiger partial charge on any atom is 0.237 e. The Kier molecular flexibility index (Phi) is 4.54. The van der Waals surface area contributed by atoms with Crippen LogP contribution in [-0.2, 0) is 4.79 Å². The molecule has 0 aromatic carbocycles. The monoisotopic (exact) mass is 213 g/mol. The van der Waals surface area contributed by atoms with Gasteiger partial charge < -0.3 is 11.1 Å². The van der Waals surface area contributed by atoms with Gasteiger partial charge in [0.05, 0.1) is 6.04 Å². The first-order valence-corrected chi connectivity index (χ1v) is 5.78. The molecule has 0 aliphatic carbocycles. The molecule has 1 aliphatic heterocycles. The van der Waals surface area contributed by atoms with Crippen LogP contribution in [0.25, 0.3) is 0 Å². The molecule has 1 aliphatic rings. The molecule has 2 unspecified atom stereocenters. The van der Waals surface area contributed by atoms with Gasteiger partial charge in [0.2, 0.25) is 5.91 Å². The Hall–Kier alpha value is -0.610. The van der Waals surface area contributed by atoms with Gasteiger partial charge in [-0.15, -0.1) is 0 Å². The zero-order valence-electron chi connectivity index (χ0n) is 9.99. The van der Waals surface area contributed by atoms with E-state index in [0.29, 0.717) is 5.92 Å². The van der Waals surface area contributed by atoms with Gasteiger partial charge in [0.1, 0.15) is 0 Å². The van der Waals surface area contributed by atoms with Crippen molar-refractivity contribution in [3.05, 3.63) is 0 Å². The Balaban J connectivity index is 2.60. The van der Waals surface area contributed by atoms with Crippen molar-refractivity contribution in [2.75, 3.05) is 19.6 Å². The van der Waals surface area contributed by atoms with Crippen molar-refractivity contribution in [1.29, 1.82) is 0 Å². The summed E-state index contributed by atoms with van der Waals surface area (Å²) in [6.07, 6.45) is 0.915. The number of nitrogens with two attached hydrogens (primary N) is 1. The molecule has 4 nitrogen and oxygen atoms in total. The highest BCUT2D eigenvalue weighted by Crippen LogP contribution is 2.14. The average Bonchev–Trinajstić information content (AvgIpc) is 2.09. The minimum Gasteiger partial charge on any atom is -0.353 e. The van der Waals surface area contributed by atoms with Gasteiger partial charge in [-0.2, -0.15) is 0 Å². The van der Waals surface area contributed by atoms with Crippen LogP contribution in [0.15, 0.2) is 0 Å². The minimum atomic E-state index is 0.0183. The van der Waals surface area contributed by atoms with Gasteiger partial charge in [0.15, 0.2) is 0 Å². The molecule has 3 N–H and O–H groups in total. The number of piperazine rings is 1. The largest absolute Gasteiger partial charge is 0.353 e. The predicted molar refractivity (Wildman–Crippen MR) is 61.5 cm³/mol. The summed E-state index contributed by atoms with van der Waals surface area (Å²) in [4.78, 5) is 13.9. The molecule has 0 aromatic rings. The highest BCUT2D eigenvalue weighted by Gasteiger charge is 2.30. The van der Waals surface area contributed by atoms with Crippen LogP contribution in [-0.4, -0.2) is 42.5 Å². The van der Waals surface area contributed by atoms with Crippen LogP contribution in [0.1, 0.15) is 27.2 Å². The Bertz CT molecular complexity index is 216. The molecule has 0 bridgehead atoms. The highest BCUT2D eigenvalue weighted by molar-refractivity contribution is 5.82. The van der Waals surface area contributed by atoms with Gasteiger partial charge in [-0.05, 0) is 19.3 Å². The van der Waals surface area contributed by atoms with Crippen molar-refractivity contribution < 1.29 is 4.79 Å². The van der Waals surface area contributed by atoms with Crippen molar-refractivity contribution in [3.63, 3.8) is 0 Å². The highest BCUT2D eigenvalue weighted by atomic mass is 16.2. The van der Waals surface area contributed by atoms with Crippen molar-refractivity contribution in [1.82, 2.24) is 10.2 Å². The summed E-state index contributed by atoms with van der Waals surface area (Å²) in [5.41, 5.74) is 5.79. The number of hydrogen-bond acceptors (Lipinski definition) is 3. The number of amides is 1. The molecular formula is C11H23N3O. The van der Waals surface area contributed by atoms with Gasteiger partial charge in [0.25, 0.3) is 0 Å². The Morgan fingerprint density at radius 2 is 2.20 bits per heavy atom. The molecule has 1 fully saturated rings. The van der Waals surface area contributed by atoms with Crippen LogP contribution in [0, 0.1) is 5.92 Å². The van der Waals surface area contributed by atoms with Gasteiger partial charge in [-0.1, -0.05) is 13.8 Å². The lowest BCUT2D eigenvalue weighted by molar-refractivity contribution is -0.129. The second-order valence-electron chi connectivity index (χ2n) is 4.91. The second kappa shape index (κ2) is 5.47. The van der Waals surface area contributed by atoms with E-state index < -0.39 is 0 Å². The van der Waals surface area contributed by atoms with Crippen LogP contribution < -0.4 is 11.1 Å². The van der Waals surface area contributed by atoms with E-state index in [0.717, 1.165) is 26.1 Å². The molecule has 1 rings (SSSR count). The van der Waals surface area contributed by atoms with E-state index in [-0.39, 0.29) is 18.0 Å². The lowest BCUT2D eigenvalue weighted by Gasteiger charge is -2.36. The molecule has 2 atom stereocenters. The van der Waals surface area contributed by atoms with Crippen LogP contribution in [0.4, 0.5) is 0 Å². The van der Waals surface area contributed by atoms with E-state index in [2.05, 4.69) is 24.1 Å². The van der Waals surface area contributed by atoms with Crippen molar-refractivity contribution >= 4 is 5.91 Å². The average molecular weight is 213 g/mol. The normalized spacial score (nSPS) is 25.4. The molecule has 1 amide bonds. The number of carbonyl (C=O) groups is 1. The first-order valence-electron chi connectivity index (χ1n) is 5.78. The third-order valence-corrected chi connectivity index (χ3v) is 2.66. The van der Waals surface area contributed by atoms with Gasteiger partial charge in [-0.3, -0.25) is 9.69 Å². The number of nitrogens with one attached hydrogen (secondary N) is 1. The Morgan fingerprint density at radius 1 is 1.53 bits per heavy atom. The van der Waals surface area contributed by atoms with Gasteiger partial charge >= 0.3 is 0 Å². The van der Waals surface area contributed by atoms with E-state index in [1.807, 2.05) is 6.92 Å². The molecule has 0 spiro atoms. The molecule has 1 saturated heterocycles. The number of rotatable bonds is 4. The van der Waals surface area contributed by atoms with Crippen molar-refractivity contribution in [2.24, 2.45) is 11.7 Å². The van der Waals surface area contributed by atoms with Gasteiger partial charge in [-0.25, -0.2) is 0 Å². The van der Waals surface area contributed by atoms with Crippen molar-refractivity contribution in [2.45, 2.75) is 39.3 Å². The molecule has 88 valence electrons. The Morgan fingerprint density at radius 3 is 2.73 bits per heavy atom. The Labute approximate surface area is 92.2 Å². The van der Waals surface area contributed by atoms with Crippen LogP contribution in [0.2, 0.25) is 0 Å². The zero-order valence-corrected chi connectivity index (χ0v) is 9.99. The first-order chi connectivity index (χ1) is 7.00. The van der Waals surface area contributed by atoms with E-state index in [9.17, 15) is 4.79 Å². The third kappa shape index (κ3) is 3.80. The second-order valence-corrected chi connectivity index (χ2v) is 4.91. The lowest BCUT2D eigenvalue weighted by atomic mass is 9.99. The third-order valence-electron chi connectivity index (χ3n) is 2.66. The summed E-state index contributed by atoms with van der Waals surface area (Å²) < 4.78 is 0. The maximum atomic E-state index is 11.7. The zero-order chi connectivity index (χ0) is 11.4. The van der Waals surface area contributed by atoms with Crippen LogP contribution in [0.3, 0.4) is 0 Å². The number of nitrogens with zero attached hydrogens (tertiary/aromatic N) is 1. The first kappa shape index (κ1) is 12.5. The van der Waals surface area contributed by atoms with E-state index >= 15 is 0 Å². The minimum absolute atomic E-state index is 0.0183. The van der Waals surface area contributed by atoms with E-state index in [1.165, 1.54) is 0 Å². The van der Waals surface area contributed by atoms with Gasteiger partial charge in [0, 0.05) is 25.7 Å². The summed E-state index contributed by atoms with van der Waals surface area (Å²) in [5, 5.41) is 2.92. The van der Waals surface area contributed by atoms with Crippen molar-refractivity contribution in [3.8, 4) is 0 Å². The molecule has 0 saturated carbocycles. The maximum absolute atomic E-state index is 11.7. The fourth-order valence-electron chi connectivity index (χ4n) is 2.05. The smallest absolute Gasteiger partial charge is 0.237 e. The summed E-state index contributed by atoms with van der Waals surface area (Å²) in [6.45, 7) is 8.76. The summed E-state index contributed by atoms with van der Waals surface area (Å²) >= 11 is 0. The summed E-state index contributed by atoms with van der Waals surface area (Å²) in [5.74, 6) is 0.699. The van der Waals surface area contributed by atoms with E-state index in [1.54, 1.807) is 0 Å². The quantitative estimate of drug-likeness (QED) is 0.700. The van der Waals surface area contributed by atoms with E-state index in [4.69, 9.17) is 5.73 Å². The number of hydrogen-bond donors (Lipinski definition) is 2. The SMILES string of the molecule is CC(C)CC1C(=O)NCCN1CC(C)N. The molecule has 4 heteroatoms. The molecular weight excluding hydrogens is 190 g/mol.